The molecule has 3 rings (SSSR count). The maximum absolute atomic E-state index is 14.2. The molecule has 0 spiro atoms. The molecule has 0 saturated carbocycles. The van der Waals surface area contributed by atoms with Crippen LogP contribution in [0.5, 0.6) is 0 Å². The third kappa shape index (κ3) is 3.57. The predicted molar refractivity (Wildman–Crippen MR) is 91.5 cm³/mol. The number of halogens is 1. The molecule has 2 atom stereocenters. The first-order chi connectivity index (χ1) is 12.6. The Hall–Kier alpha value is -3.20. The Labute approximate surface area is 150 Å². The third-order valence-electron chi connectivity index (χ3n) is 4.39. The molecule has 1 saturated heterocycles. The van der Waals surface area contributed by atoms with E-state index in [1.54, 1.807) is 6.07 Å². The molecule has 0 bridgehead atoms. The zero-order valence-corrected chi connectivity index (χ0v) is 14.0. The smallest absolute Gasteiger partial charge is 0.417 e. The van der Waals surface area contributed by atoms with E-state index >= 15 is 0 Å². The molecule has 1 aliphatic heterocycles. The first-order valence-corrected chi connectivity index (χ1v) is 8.27. The predicted octanol–water partition coefficient (Wildman–Crippen LogP) is 3.41. The van der Waals surface area contributed by atoms with Crippen molar-refractivity contribution in [1.82, 2.24) is 4.90 Å². The zero-order chi connectivity index (χ0) is 18.5. The third-order valence-corrected chi connectivity index (χ3v) is 4.39. The van der Waals surface area contributed by atoms with Crippen LogP contribution in [0.1, 0.15) is 23.5 Å². The summed E-state index contributed by atoms with van der Waals surface area (Å²) in [4.78, 5) is 26.2. The average molecular weight is 352 g/mol. The molecule has 0 aromatic heterocycles. The SMILES string of the molecule is N#CC[C@@H](C(=O)N1C(=O)OC[C@H]1Cc1ccccc1)c1ccccc1F. The van der Waals surface area contributed by atoms with Gasteiger partial charge in [-0.15, -0.1) is 0 Å². The molecular formula is C20H17FN2O3. The number of carbonyl (C=O) groups is 2. The van der Waals surface area contributed by atoms with Gasteiger partial charge >= 0.3 is 6.09 Å². The van der Waals surface area contributed by atoms with Crippen molar-refractivity contribution in [3.05, 3.63) is 71.5 Å². The van der Waals surface area contributed by atoms with Crippen LogP contribution in [-0.4, -0.2) is 29.5 Å². The van der Waals surface area contributed by atoms with Crippen LogP contribution in [0.25, 0.3) is 0 Å². The van der Waals surface area contributed by atoms with E-state index in [1.807, 2.05) is 36.4 Å². The number of hydrogen-bond donors (Lipinski definition) is 0. The molecule has 2 amide bonds. The van der Waals surface area contributed by atoms with Crippen LogP contribution in [0.3, 0.4) is 0 Å². The standard InChI is InChI=1S/C20H17FN2O3/c21-18-9-5-4-8-16(18)17(10-11-22)19(24)23-15(13-26-20(23)25)12-14-6-2-1-3-7-14/h1-9,15,17H,10,12-13H2/t15-,17-/m1/s1. The van der Waals surface area contributed by atoms with E-state index in [9.17, 15) is 14.0 Å². The van der Waals surface area contributed by atoms with Gasteiger partial charge in [0.25, 0.3) is 0 Å². The maximum Gasteiger partial charge on any atom is 0.417 e. The van der Waals surface area contributed by atoms with Gasteiger partial charge in [0.05, 0.1) is 24.4 Å². The highest BCUT2D eigenvalue weighted by atomic mass is 19.1. The Bertz CT molecular complexity index is 848. The van der Waals surface area contributed by atoms with Crippen molar-refractivity contribution in [3.63, 3.8) is 0 Å². The Morgan fingerprint density at radius 2 is 1.92 bits per heavy atom. The van der Waals surface area contributed by atoms with Gasteiger partial charge in [-0.05, 0) is 18.1 Å². The lowest BCUT2D eigenvalue weighted by Crippen LogP contribution is -2.43. The Morgan fingerprint density at radius 1 is 1.23 bits per heavy atom. The normalized spacial score (nSPS) is 17.5. The zero-order valence-electron chi connectivity index (χ0n) is 14.0. The molecule has 2 aromatic carbocycles. The summed E-state index contributed by atoms with van der Waals surface area (Å²) in [6.45, 7) is 0.0794. The summed E-state index contributed by atoms with van der Waals surface area (Å²) in [6.07, 6.45) is -0.536. The van der Waals surface area contributed by atoms with Gasteiger partial charge in [0.1, 0.15) is 12.4 Å². The van der Waals surface area contributed by atoms with Crippen molar-refractivity contribution in [3.8, 4) is 6.07 Å². The van der Waals surface area contributed by atoms with Gasteiger partial charge in [-0.1, -0.05) is 48.5 Å². The highest BCUT2D eigenvalue weighted by molar-refractivity contribution is 5.97. The quantitative estimate of drug-likeness (QED) is 0.827. The number of ether oxygens (including phenoxy) is 1. The van der Waals surface area contributed by atoms with Crippen molar-refractivity contribution in [1.29, 1.82) is 5.26 Å². The number of carbonyl (C=O) groups excluding carboxylic acids is 2. The van der Waals surface area contributed by atoms with Gasteiger partial charge < -0.3 is 4.74 Å². The van der Waals surface area contributed by atoms with Crippen LogP contribution in [0.2, 0.25) is 0 Å². The molecule has 0 aliphatic carbocycles. The van der Waals surface area contributed by atoms with E-state index in [1.165, 1.54) is 18.2 Å². The summed E-state index contributed by atoms with van der Waals surface area (Å²) in [6, 6.07) is 16.6. The second kappa shape index (κ2) is 7.79. The minimum atomic E-state index is -1.05. The first kappa shape index (κ1) is 17.6. The topological polar surface area (TPSA) is 70.4 Å². The van der Waals surface area contributed by atoms with Gasteiger partial charge in [0.15, 0.2) is 0 Å². The number of amides is 2. The maximum atomic E-state index is 14.2. The largest absolute Gasteiger partial charge is 0.447 e. The van der Waals surface area contributed by atoms with Crippen molar-refractivity contribution in [2.45, 2.75) is 24.8 Å². The van der Waals surface area contributed by atoms with E-state index in [-0.39, 0.29) is 18.6 Å². The lowest BCUT2D eigenvalue weighted by atomic mass is 9.93. The summed E-state index contributed by atoms with van der Waals surface area (Å²) in [5, 5.41) is 9.09. The minimum Gasteiger partial charge on any atom is -0.447 e. The van der Waals surface area contributed by atoms with E-state index in [0.717, 1.165) is 10.5 Å². The van der Waals surface area contributed by atoms with Crippen molar-refractivity contribution in [2.24, 2.45) is 0 Å². The highest BCUT2D eigenvalue weighted by Crippen LogP contribution is 2.28. The fraction of sp³-hybridized carbons (Fsp3) is 0.250. The lowest BCUT2D eigenvalue weighted by molar-refractivity contribution is -0.130. The molecule has 1 aliphatic rings. The van der Waals surface area contributed by atoms with E-state index < -0.39 is 29.8 Å². The number of nitrogens with zero attached hydrogens (tertiary/aromatic N) is 2. The van der Waals surface area contributed by atoms with Crippen molar-refractivity contribution < 1.29 is 18.7 Å². The van der Waals surface area contributed by atoms with Crippen LogP contribution in [-0.2, 0) is 16.0 Å². The number of benzene rings is 2. The monoisotopic (exact) mass is 352 g/mol. The van der Waals surface area contributed by atoms with Gasteiger partial charge in [-0.25, -0.2) is 14.1 Å². The summed E-state index contributed by atoms with van der Waals surface area (Å²) in [7, 11) is 0. The molecule has 1 heterocycles. The van der Waals surface area contributed by atoms with Crippen molar-refractivity contribution in [2.75, 3.05) is 6.61 Å². The fourth-order valence-corrected chi connectivity index (χ4v) is 3.11. The molecule has 0 N–H and O–H groups in total. The molecule has 6 heteroatoms. The van der Waals surface area contributed by atoms with E-state index in [0.29, 0.717) is 6.42 Å². The second-order valence-electron chi connectivity index (χ2n) is 6.07. The Balaban J connectivity index is 1.88. The highest BCUT2D eigenvalue weighted by Gasteiger charge is 2.41. The molecule has 5 nitrogen and oxygen atoms in total. The van der Waals surface area contributed by atoms with Crippen LogP contribution in [0.4, 0.5) is 9.18 Å². The van der Waals surface area contributed by atoms with Gasteiger partial charge in [-0.2, -0.15) is 5.26 Å². The second-order valence-corrected chi connectivity index (χ2v) is 6.07. The summed E-state index contributed by atoms with van der Waals surface area (Å²) in [5.74, 6) is -2.24. The van der Waals surface area contributed by atoms with Gasteiger partial charge in [0.2, 0.25) is 5.91 Å². The number of nitriles is 1. The van der Waals surface area contributed by atoms with Crippen LogP contribution in [0.15, 0.2) is 54.6 Å². The number of hydrogen-bond acceptors (Lipinski definition) is 4. The van der Waals surface area contributed by atoms with Crippen LogP contribution in [0, 0.1) is 17.1 Å². The van der Waals surface area contributed by atoms with Crippen LogP contribution < -0.4 is 0 Å². The van der Waals surface area contributed by atoms with E-state index in [4.69, 9.17) is 10.00 Å². The molecule has 0 unspecified atom stereocenters. The molecule has 2 aromatic rings. The van der Waals surface area contributed by atoms with Crippen molar-refractivity contribution >= 4 is 12.0 Å². The number of imide groups is 1. The Kier molecular flexibility index (Phi) is 5.28. The van der Waals surface area contributed by atoms with E-state index in [2.05, 4.69) is 0 Å². The number of rotatable bonds is 5. The number of cyclic esters (lactones) is 1. The molecule has 0 radical (unpaired) electrons. The summed E-state index contributed by atoms with van der Waals surface area (Å²) < 4.78 is 19.2. The first-order valence-electron chi connectivity index (χ1n) is 8.27. The lowest BCUT2D eigenvalue weighted by Gasteiger charge is -2.24. The Morgan fingerprint density at radius 3 is 2.62 bits per heavy atom. The summed E-state index contributed by atoms with van der Waals surface area (Å²) in [5.41, 5.74) is 1.06. The van der Waals surface area contributed by atoms with Gasteiger partial charge in [0, 0.05) is 5.56 Å². The van der Waals surface area contributed by atoms with Crippen LogP contribution >= 0.6 is 0 Å². The average Bonchev–Trinajstić information content (AvgIpc) is 3.01. The van der Waals surface area contributed by atoms with Gasteiger partial charge in [-0.3, -0.25) is 4.79 Å². The molecule has 132 valence electrons. The minimum absolute atomic E-state index is 0.0794. The fourth-order valence-electron chi connectivity index (χ4n) is 3.11. The molecule has 1 fully saturated rings. The molecule has 26 heavy (non-hydrogen) atoms. The molecular weight excluding hydrogens is 335 g/mol. The summed E-state index contributed by atoms with van der Waals surface area (Å²) >= 11 is 0.